The van der Waals surface area contributed by atoms with Gasteiger partial charge in [-0.05, 0) is 66.4 Å². The van der Waals surface area contributed by atoms with Crippen LogP contribution < -0.4 is 10.0 Å². The van der Waals surface area contributed by atoms with Gasteiger partial charge in [-0.15, -0.1) is 4.72 Å². The highest BCUT2D eigenvalue weighted by Gasteiger charge is 2.37. The molecule has 192 valence electrons. The molecule has 1 heterocycles. The Morgan fingerprint density at radius 2 is 1.74 bits per heavy atom. The molecule has 1 aromatic carbocycles. The molecule has 0 bridgehead atoms. The van der Waals surface area contributed by atoms with Crippen molar-refractivity contribution in [1.29, 1.82) is 0 Å². The number of amides is 2. The highest BCUT2D eigenvalue weighted by Crippen LogP contribution is 2.40. The number of nitrogens with zero attached hydrogens (tertiary/aromatic N) is 1. The number of nitrogens with one attached hydrogen (secondary N) is 2. The van der Waals surface area contributed by atoms with Crippen molar-refractivity contribution >= 4 is 46.6 Å². The second-order valence-electron chi connectivity index (χ2n) is 10.4. The molecule has 2 amide bonds. The van der Waals surface area contributed by atoms with Crippen molar-refractivity contribution in [3.63, 3.8) is 0 Å². The number of alkyl carbamates (subject to hydrolysis) is 1. The number of hydrogen-bond donors (Lipinski definition) is 3. The average Bonchev–Trinajstić information content (AvgIpc) is 2.71. The number of piperidine rings is 1. The zero-order valence-corrected chi connectivity index (χ0v) is 22.9. The molecule has 2 rings (SSSR count). The summed E-state index contributed by atoms with van der Waals surface area (Å²) in [6.07, 6.45) is 0.577. The summed E-state index contributed by atoms with van der Waals surface area (Å²) < 4.78 is 20.7. The van der Waals surface area contributed by atoms with Crippen molar-refractivity contribution in [2.24, 2.45) is 5.92 Å². The van der Waals surface area contributed by atoms with Gasteiger partial charge in [-0.25, -0.2) is 4.79 Å². The van der Waals surface area contributed by atoms with Crippen LogP contribution in [0.1, 0.15) is 66.0 Å². The predicted molar refractivity (Wildman–Crippen MR) is 135 cm³/mol. The number of likely N-dealkylation sites (tertiary alicyclic amines) is 1. The number of carbonyl (C=O) groups is 2. The van der Waals surface area contributed by atoms with Crippen LogP contribution in [0.4, 0.5) is 4.79 Å². The summed E-state index contributed by atoms with van der Waals surface area (Å²) in [5.41, 5.74) is -0.125. The molecular formula is C23H35Cl2N3O5S. The Balaban J connectivity index is 2.08. The van der Waals surface area contributed by atoms with Gasteiger partial charge in [0.1, 0.15) is 22.6 Å². The summed E-state index contributed by atoms with van der Waals surface area (Å²) in [7, 11) is 0. The summed E-state index contributed by atoms with van der Waals surface area (Å²) >= 11 is 10.9. The van der Waals surface area contributed by atoms with Crippen molar-refractivity contribution in [2.75, 3.05) is 19.6 Å². The van der Waals surface area contributed by atoms with Gasteiger partial charge in [-0.2, -0.15) is 0 Å². The van der Waals surface area contributed by atoms with Gasteiger partial charge in [0.25, 0.3) is 0 Å². The predicted octanol–water partition coefficient (Wildman–Crippen LogP) is 4.56. The van der Waals surface area contributed by atoms with E-state index in [0.29, 0.717) is 36.5 Å². The summed E-state index contributed by atoms with van der Waals surface area (Å²) in [6.45, 7) is 11.6. The highest BCUT2D eigenvalue weighted by molar-refractivity contribution is 7.90. The number of halogens is 2. The second-order valence-corrected chi connectivity index (χ2v) is 13.2. The molecule has 1 aliphatic rings. The molecular weight excluding hydrogens is 501 g/mol. The Bertz CT molecular complexity index is 881. The Hall–Kier alpha value is -1.39. The third kappa shape index (κ3) is 8.37. The van der Waals surface area contributed by atoms with Crippen LogP contribution >= 0.6 is 23.2 Å². The summed E-state index contributed by atoms with van der Waals surface area (Å²) in [5, 5.41) is 13.6. The van der Waals surface area contributed by atoms with Crippen molar-refractivity contribution in [1.82, 2.24) is 14.9 Å². The number of ether oxygens (including phenoxy) is 1. The van der Waals surface area contributed by atoms with Crippen molar-refractivity contribution in [3.05, 3.63) is 27.7 Å². The number of aromatic hydroxyl groups is 1. The van der Waals surface area contributed by atoms with Gasteiger partial charge < -0.3 is 24.6 Å². The normalized spacial score (nSPS) is 17.3. The first-order chi connectivity index (χ1) is 15.6. The topological polar surface area (TPSA) is 114 Å². The molecule has 0 spiro atoms. The maximum Gasteiger partial charge on any atom is 0.408 e. The zero-order valence-electron chi connectivity index (χ0n) is 20.5. The molecule has 34 heavy (non-hydrogen) atoms. The largest absolute Gasteiger partial charge is 0.598 e. The molecule has 1 aromatic rings. The summed E-state index contributed by atoms with van der Waals surface area (Å²) in [4.78, 5) is 26.1. The summed E-state index contributed by atoms with van der Waals surface area (Å²) in [5.74, 6) is -0.250. The molecule has 1 aliphatic heterocycles. The molecule has 1 fully saturated rings. The number of rotatable bonds is 6. The molecule has 0 radical (unpaired) electrons. The first kappa shape index (κ1) is 28.8. The van der Waals surface area contributed by atoms with E-state index < -0.39 is 33.8 Å². The number of phenolic OH excluding ortho intramolecular Hbond substituents is 1. The number of carbonyl (C=O) groups excluding carboxylic acids is 2. The second kappa shape index (κ2) is 11.6. The molecule has 8 nitrogen and oxygen atoms in total. The highest BCUT2D eigenvalue weighted by atomic mass is 35.5. The maximum atomic E-state index is 12.9. The standard InChI is InChI=1S/C23H35Cl2N3O5S/c1-22(2,3)33-21(31)26-13-19(30)28-9-7-14(8-10-28)20(27-34(32)23(4,5)6)15-11-16(24)17(25)12-18(15)29/h11-12,14,20,27,29H,7-10,13H2,1-6H3,(H,26,31)/t20-,34+/m1/s1. The lowest BCUT2D eigenvalue weighted by atomic mass is 9.85. The average molecular weight is 537 g/mol. The van der Waals surface area contributed by atoms with Gasteiger partial charge in [0.15, 0.2) is 0 Å². The van der Waals surface area contributed by atoms with Crippen molar-refractivity contribution in [2.45, 2.75) is 70.8 Å². The summed E-state index contributed by atoms with van der Waals surface area (Å²) in [6, 6.07) is 2.53. The SMILES string of the molecule is CC(C)(C)OC(=O)NCC(=O)N1CCC([C@@H](N[S@@+]([O-])C(C)(C)C)c2cc(Cl)c(Cl)cc2O)CC1. The van der Waals surface area contributed by atoms with E-state index in [0.717, 1.165) is 0 Å². The van der Waals surface area contributed by atoms with Crippen molar-refractivity contribution < 1.29 is 24.0 Å². The van der Waals surface area contributed by atoms with Crippen LogP contribution in [0.25, 0.3) is 0 Å². The molecule has 2 atom stereocenters. The molecule has 0 saturated carbocycles. The van der Waals surface area contributed by atoms with E-state index in [9.17, 15) is 19.2 Å². The third-order valence-corrected chi connectivity index (χ3v) is 7.64. The van der Waals surface area contributed by atoms with Crippen LogP contribution in [-0.2, 0) is 20.9 Å². The van der Waals surface area contributed by atoms with E-state index >= 15 is 0 Å². The molecule has 1 saturated heterocycles. The van der Waals surface area contributed by atoms with Crippen LogP contribution in [0.3, 0.4) is 0 Å². The first-order valence-electron chi connectivity index (χ1n) is 11.2. The number of benzene rings is 1. The Kier molecular flexibility index (Phi) is 9.81. The maximum absolute atomic E-state index is 12.9. The third-order valence-electron chi connectivity index (χ3n) is 5.34. The van der Waals surface area contributed by atoms with E-state index in [-0.39, 0.29) is 29.1 Å². The lowest BCUT2D eigenvalue weighted by molar-refractivity contribution is -0.131. The van der Waals surface area contributed by atoms with E-state index in [2.05, 4.69) is 10.0 Å². The van der Waals surface area contributed by atoms with Crippen LogP contribution in [0.2, 0.25) is 10.0 Å². The minimum absolute atomic E-state index is 0.0164. The zero-order chi connectivity index (χ0) is 25.8. The van der Waals surface area contributed by atoms with Crippen LogP contribution in [0, 0.1) is 5.92 Å². The van der Waals surface area contributed by atoms with Crippen LogP contribution in [-0.4, -0.2) is 56.5 Å². The minimum atomic E-state index is -1.40. The van der Waals surface area contributed by atoms with Gasteiger partial charge in [0.2, 0.25) is 5.91 Å². The Morgan fingerprint density at radius 3 is 2.26 bits per heavy atom. The van der Waals surface area contributed by atoms with Crippen LogP contribution in [0.5, 0.6) is 5.75 Å². The van der Waals surface area contributed by atoms with Gasteiger partial charge >= 0.3 is 6.09 Å². The fourth-order valence-electron chi connectivity index (χ4n) is 3.56. The Morgan fingerprint density at radius 1 is 1.18 bits per heavy atom. The lowest BCUT2D eigenvalue weighted by Crippen LogP contribution is -2.48. The van der Waals surface area contributed by atoms with E-state index in [1.165, 1.54) is 6.07 Å². The molecule has 0 aliphatic carbocycles. The smallest absolute Gasteiger partial charge is 0.408 e. The van der Waals surface area contributed by atoms with Gasteiger partial charge in [0.05, 0.1) is 16.1 Å². The van der Waals surface area contributed by atoms with E-state index in [1.807, 2.05) is 20.8 Å². The van der Waals surface area contributed by atoms with E-state index in [4.69, 9.17) is 27.9 Å². The molecule has 0 unspecified atom stereocenters. The fraction of sp³-hybridized carbons (Fsp3) is 0.652. The fourth-order valence-corrected chi connectivity index (χ4v) is 4.80. The van der Waals surface area contributed by atoms with Gasteiger partial charge in [-0.3, -0.25) is 4.79 Å². The quantitative estimate of drug-likeness (QED) is 0.460. The monoisotopic (exact) mass is 535 g/mol. The Labute approximate surface area is 215 Å². The van der Waals surface area contributed by atoms with Gasteiger partial charge in [-0.1, -0.05) is 23.2 Å². The molecule has 0 aromatic heterocycles. The molecule has 3 N–H and O–H groups in total. The van der Waals surface area contributed by atoms with Gasteiger partial charge in [0, 0.05) is 36.1 Å². The minimum Gasteiger partial charge on any atom is -0.598 e. The van der Waals surface area contributed by atoms with Crippen molar-refractivity contribution in [3.8, 4) is 5.75 Å². The van der Waals surface area contributed by atoms with Crippen LogP contribution in [0.15, 0.2) is 12.1 Å². The number of hydrogen-bond acceptors (Lipinski definition) is 6. The van der Waals surface area contributed by atoms with E-state index in [1.54, 1.807) is 31.7 Å². The molecule has 11 heteroatoms. The first-order valence-corrected chi connectivity index (χ1v) is 13.1. The number of phenols is 1. The lowest BCUT2D eigenvalue weighted by Gasteiger charge is -2.38.